The maximum Gasteiger partial charge on any atom is 0.310 e. The molecule has 4 rings (SSSR count). The average molecular weight is 470 g/mol. The number of ether oxygens (including phenoxy) is 2. The average Bonchev–Trinajstić information content (AvgIpc) is 3.12. The molecule has 164 valence electrons. The Morgan fingerprint density at radius 2 is 1.78 bits per heavy atom. The van der Waals surface area contributed by atoms with E-state index in [-0.39, 0.29) is 18.3 Å². The molecule has 0 atom stereocenters. The van der Waals surface area contributed by atoms with Gasteiger partial charge in [0.15, 0.2) is 0 Å². The van der Waals surface area contributed by atoms with E-state index in [4.69, 9.17) is 32.7 Å². The van der Waals surface area contributed by atoms with Crippen molar-refractivity contribution in [3.8, 4) is 17.3 Å². The summed E-state index contributed by atoms with van der Waals surface area (Å²) in [5, 5.41) is 12.9. The van der Waals surface area contributed by atoms with E-state index in [0.29, 0.717) is 45.5 Å². The van der Waals surface area contributed by atoms with Crippen molar-refractivity contribution >= 4 is 39.9 Å². The van der Waals surface area contributed by atoms with Crippen LogP contribution >= 0.6 is 23.2 Å². The number of carbonyl (C=O) groups is 1. The molecule has 0 spiro atoms. The van der Waals surface area contributed by atoms with Gasteiger partial charge in [0.25, 0.3) is 0 Å². The number of hydrogen-bond acceptors (Lipinski definition) is 4. The summed E-state index contributed by atoms with van der Waals surface area (Å²) in [6.07, 6.45) is 1.86. The van der Waals surface area contributed by atoms with Crippen LogP contribution in [0.4, 0.5) is 0 Å². The number of rotatable bonds is 7. The highest BCUT2D eigenvalue weighted by molar-refractivity contribution is 6.36. The summed E-state index contributed by atoms with van der Waals surface area (Å²) in [6, 6.07) is 18.5. The van der Waals surface area contributed by atoms with Crippen LogP contribution in [0.2, 0.25) is 10.0 Å². The van der Waals surface area contributed by atoms with Crippen LogP contribution in [-0.4, -0.2) is 22.2 Å². The van der Waals surface area contributed by atoms with Gasteiger partial charge < -0.3 is 14.6 Å². The minimum Gasteiger partial charge on any atom is -0.494 e. The summed E-state index contributed by atoms with van der Waals surface area (Å²) in [6.45, 7) is 2.47. The van der Waals surface area contributed by atoms with Gasteiger partial charge in [-0.25, -0.2) is 0 Å². The minimum atomic E-state index is -0.321. The Hall–Kier alpha value is -3.15. The van der Waals surface area contributed by atoms with Crippen molar-refractivity contribution in [3.63, 3.8) is 0 Å². The topological polar surface area (TPSA) is 60.7 Å². The van der Waals surface area contributed by atoms with Gasteiger partial charge in [-0.05, 0) is 42.3 Å². The number of aromatic hydroxyl groups is 1. The summed E-state index contributed by atoms with van der Waals surface area (Å²) in [4.78, 5) is 11.8. The molecule has 0 saturated carbocycles. The first-order chi connectivity index (χ1) is 15.5. The number of carbonyl (C=O) groups excluding carboxylic acids is 1. The lowest BCUT2D eigenvalue weighted by molar-refractivity contribution is -0.142. The van der Waals surface area contributed by atoms with E-state index < -0.39 is 0 Å². The van der Waals surface area contributed by atoms with Crippen molar-refractivity contribution in [1.82, 2.24) is 4.57 Å². The number of hydrogen-bond donors (Lipinski definition) is 1. The SMILES string of the molecule is CCOC(=O)Cc1ccc(-n2cc3c(OCc4ccccc4)ccc(Cl)c3c2O)c(Cl)c1. The van der Waals surface area contributed by atoms with Crippen molar-refractivity contribution in [2.45, 2.75) is 20.0 Å². The predicted molar refractivity (Wildman–Crippen MR) is 126 cm³/mol. The number of aromatic nitrogens is 1. The fourth-order valence-corrected chi connectivity index (χ4v) is 4.06. The maximum atomic E-state index is 11.8. The summed E-state index contributed by atoms with van der Waals surface area (Å²) >= 11 is 12.9. The van der Waals surface area contributed by atoms with Crippen LogP contribution < -0.4 is 4.74 Å². The molecule has 0 aliphatic rings. The van der Waals surface area contributed by atoms with Crippen molar-refractivity contribution in [3.05, 3.63) is 88.0 Å². The molecule has 0 bridgehead atoms. The highest BCUT2D eigenvalue weighted by atomic mass is 35.5. The second-order valence-electron chi connectivity index (χ2n) is 7.20. The first-order valence-corrected chi connectivity index (χ1v) is 10.9. The van der Waals surface area contributed by atoms with Crippen LogP contribution in [0.15, 0.2) is 66.9 Å². The van der Waals surface area contributed by atoms with Crippen LogP contribution in [0.3, 0.4) is 0 Å². The second-order valence-corrected chi connectivity index (χ2v) is 8.01. The number of nitrogens with zero attached hydrogens (tertiary/aromatic N) is 1. The zero-order valence-corrected chi connectivity index (χ0v) is 18.9. The first-order valence-electron chi connectivity index (χ1n) is 10.1. The van der Waals surface area contributed by atoms with Crippen LogP contribution in [0, 0.1) is 0 Å². The predicted octanol–water partition coefficient (Wildman–Crippen LogP) is 6.33. The van der Waals surface area contributed by atoms with E-state index in [1.807, 2.05) is 30.3 Å². The Morgan fingerprint density at radius 3 is 2.50 bits per heavy atom. The second kappa shape index (κ2) is 9.55. The van der Waals surface area contributed by atoms with Crippen LogP contribution in [0.25, 0.3) is 16.5 Å². The summed E-state index contributed by atoms with van der Waals surface area (Å²) in [5.41, 5.74) is 2.30. The van der Waals surface area contributed by atoms with Gasteiger partial charge in [0.1, 0.15) is 12.4 Å². The lowest BCUT2D eigenvalue weighted by Crippen LogP contribution is -2.07. The Bertz CT molecular complexity index is 1270. The van der Waals surface area contributed by atoms with Gasteiger partial charge >= 0.3 is 5.97 Å². The fraction of sp³-hybridized carbons (Fsp3) is 0.160. The zero-order valence-electron chi connectivity index (χ0n) is 17.3. The quantitative estimate of drug-likeness (QED) is 0.321. The van der Waals surface area contributed by atoms with E-state index in [1.54, 1.807) is 48.0 Å². The van der Waals surface area contributed by atoms with Crippen LogP contribution in [0.1, 0.15) is 18.1 Å². The molecule has 0 aliphatic heterocycles. The molecule has 32 heavy (non-hydrogen) atoms. The Labute approximate surface area is 195 Å². The molecule has 1 aromatic heterocycles. The van der Waals surface area contributed by atoms with E-state index in [1.165, 1.54) is 0 Å². The van der Waals surface area contributed by atoms with Gasteiger partial charge in [-0.2, -0.15) is 0 Å². The van der Waals surface area contributed by atoms with Crippen molar-refractivity contribution < 1.29 is 19.4 Å². The molecule has 0 amide bonds. The maximum absolute atomic E-state index is 11.8. The van der Waals surface area contributed by atoms with Gasteiger partial charge in [0.05, 0.1) is 34.1 Å². The van der Waals surface area contributed by atoms with Gasteiger partial charge in [0, 0.05) is 11.6 Å². The van der Waals surface area contributed by atoms with E-state index >= 15 is 0 Å². The normalized spacial score (nSPS) is 11.0. The highest BCUT2D eigenvalue weighted by Gasteiger charge is 2.19. The monoisotopic (exact) mass is 469 g/mol. The van der Waals surface area contributed by atoms with E-state index in [9.17, 15) is 9.90 Å². The van der Waals surface area contributed by atoms with Crippen LogP contribution in [0.5, 0.6) is 11.6 Å². The zero-order chi connectivity index (χ0) is 22.7. The smallest absolute Gasteiger partial charge is 0.310 e. The summed E-state index contributed by atoms with van der Waals surface area (Å²) < 4.78 is 12.6. The Kier molecular flexibility index (Phi) is 6.58. The molecule has 1 heterocycles. The highest BCUT2D eigenvalue weighted by Crippen LogP contribution is 2.41. The standard InChI is InChI=1S/C25H21Cl2NO4/c1-2-31-23(29)13-17-8-10-21(20(27)12-17)28-14-18-22(11-9-19(26)24(18)25(28)30)32-15-16-6-4-3-5-7-16/h3-12,14,30H,2,13,15H2,1H3. The first kappa shape index (κ1) is 22.1. The van der Waals surface area contributed by atoms with Crippen LogP contribution in [-0.2, 0) is 22.6 Å². The number of halogens is 2. The molecule has 4 aromatic rings. The number of benzene rings is 3. The lowest BCUT2D eigenvalue weighted by Gasteiger charge is -2.09. The molecule has 5 nitrogen and oxygen atoms in total. The van der Waals surface area contributed by atoms with Crippen molar-refractivity contribution in [1.29, 1.82) is 0 Å². The molecule has 0 radical (unpaired) electrons. The third-order valence-corrected chi connectivity index (χ3v) is 5.64. The number of fused-ring (bicyclic) bond motifs is 1. The largest absolute Gasteiger partial charge is 0.494 e. The van der Waals surface area contributed by atoms with Gasteiger partial charge in [0.2, 0.25) is 5.88 Å². The summed E-state index contributed by atoms with van der Waals surface area (Å²) in [7, 11) is 0. The van der Waals surface area contributed by atoms with E-state index in [0.717, 1.165) is 11.1 Å². The molecule has 1 N–H and O–H groups in total. The molecule has 0 saturated heterocycles. The lowest BCUT2D eigenvalue weighted by atomic mass is 10.1. The van der Waals surface area contributed by atoms with Gasteiger partial charge in [-0.15, -0.1) is 0 Å². The molecule has 0 aliphatic carbocycles. The number of esters is 1. The molecule has 0 fully saturated rings. The van der Waals surface area contributed by atoms with Gasteiger partial charge in [-0.3, -0.25) is 9.36 Å². The molecule has 0 unspecified atom stereocenters. The molecule has 3 aromatic carbocycles. The third-order valence-electron chi connectivity index (χ3n) is 5.03. The minimum absolute atomic E-state index is 0.0461. The third kappa shape index (κ3) is 4.54. The Balaban J connectivity index is 1.68. The molecular weight excluding hydrogens is 449 g/mol. The van der Waals surface area contributed by atoms with Crippen molar-refractivity contribution in [2.75, 3.05) is 6.61 Å². The van der Waals surface area contributed by atoms with Crippen molar-refractivity contribution in [2.24, 2.45) is 0 Å². The Morgan fingerprint density at radius 1 is 1.00 bits per heavy atom. The molecular formula is C25H21Cl2NO4. The molecule has 7 heteroatoms. The summed E-state index contributed by atoms with van der Waals surface area (Å²) in [5.74, 6) is 0.227. The van der Waals surface area contributed by atoms with E-state index in [2.05, 4.69) is 0 Å². The fourth-order valence-electron chi connectivity index (χ4n) is 3.52. The van der Waals surface area contributed by atoms with Gasteiger partial charge in [-0.1, -0.05) is 59.6 Å².